The van der Waals surface area contributed by atoms with Crippen molar-refractivity contribution in [1.82, 2.24) is 4.90 Å². The molecule has 5 aliphatic rings. The molecule has 2 saturated carbocycles. The molecule has 2 aromatic carbocycles. The monoisotopic (exact) mass is 622 g/mol. The minimum absolute atomic E-state index is 0.0219. The number of carbonyl (C=O) groups excluding carboxylic acids is 1. The number of carbonyl (C=O) groups is 1. The number of anilines is 2. The molecular formula is C43H46N2O2. The Morgan fingerprint density at radius 2 is 1.68 bits per heavy atom. The van der Waals surface area contributed by atoms with Crippen molar-refractivity contribution in [3.05, 3.63) is 156 Å². The van der Waals surface area contributed by atoms with Gasteiger partial charge in [0.1, 0.15) is 23.2 Å². The van der Waals surface area contributed by atoms with Gasteiger partial charge < -0.3 is 19.3 Å². The van der Waals surface area contributed by atoms with Gasteiger partial charge in [-0.2, -0.15) is 0 Å². The Balaban J connectivity index is 1.19. The maximum Gasteiger partial charge on any atom is 0.136 e. The average molecular weight is 623 g/mol. The molecule has 2 aromatic rings. The van der Waals surface area contributed by atoms with Crippen molar-refractivity contribution >= 4 is 17.7 Å². The summed E-state index contributed by atoms with van der Waals surface area (Å²) in [5.41, 5.74) is 4.64. The van der Waals surface area contributed by atoms with Crippen LogP contribution in [0.2, 0.25) is 0 Å². The lowest BCUT2D eigenvalue weighted by Crippen LogP contribution is -2.40. The highest BCUT2D eigenvalue weighted by Gasteiger charge is 2.74. The smallest absolute Gasteiger partial charge is 0.136 e. The third-order valence-corrected chi connectivity index (χ3v) is 10.9. The van der Waals surface area contributed by atoms with Gasteiger partial charge in [-0.25, -0.2) is 0 Å². The Labute approximate surface area is 280 Å². The Morgan fingerprint density at radius 3 is 2.36 bits per heavy atom. The molecular weight excluding hydrogens is 576 g/mol. The van der Waals surface area contributed by atoms with Crippen LogP contribution in [0.25, 0.3) is 0 Å². The number of aldehydes is 1. The average Bonchev–Trinajstić information content (AvgIpc) is 4.02. The van der Waals surface area contributed by atoms with Crippen LogP contribution in [0.4, 0.5) is 11.4 Å². The summed E-state index contributed by atoms with van der Waals surface area (Å²) in [6.45, 7) is 6.59. The zero-order chi connectivity index (χ0) is 32.5. The molecule has 0 aromatic heterocycles. The SMILES string of the molecule is CC/C(C)=C(\C/C=C(\C)N(C1=CC=CCCC1)C12C=CC=CC1C2)OC1=CC=CC2(N(c3ccccc3)c3ccccc3)CC12C=O. The van der Waals surface area contributed by atoms with Crippen LogP contribution in [0.5, 0.6) is 0 Å². The van der Waals surface area contributed by atoms with Gasteiger partial charge in [-0.05, 0) is 94.4 Å². The van der Waals surface area contributed by atoms with Crippen LogP contribution in [0.3, 0.4) is 0 Å². The lowest BCUT2D eigenvalue weighted by molar-refractivity contribution is -0.112. The van der Waals surface area contributed by atoms with E-state index in [9.17, 15) is 4.79 Å². The minimum atomic E-state index is -0.783. The largest absolute Gasteiger partial charge is 0.465 e. The van der Waals surface area contributed by atoms with Crippen LogP contribution >= 0.6 is 0 Å². The van der Waals surface area contributed by atoms with Crippen LogP contribution in [0, 0.1) is 11.3 Å². The Bertz CT molecular complexity index is 1720. The van der Waals surface area contributed by atoms with Crippen molar-refractivity contribution in [2.24, 2.45) is 11.3 Å². The molecule has 0 radical (unpaired) electrons. The van der Waals surface area contributed by atoms with Gasteiger partial charge in [0.25, 0.3) is 0 Å². The summed E-state index contributed by atoms with van der Waals surface area (Å²) >= 11 is 0. The van der Waals surface area contributed by atoms with Gasteiger partial charge in [-0.3, -0.25) is 0 Å². The van der Waals surface area contributed by atoms with Gasteiger partial charge in [-0.15, -0.1) is 0 Å². The molecule has 4 atom stereocenters. The quantitative estimate of drug-likeness (QED) is 0.174. The topological polar surface area (TPSA) is 32.8 Å². The first-order valence-corrected chi connectivity index (χ1v) is 17.3. The van der Waals surface area contributed by atoms with E-state index in [0.29, 0.717) is 18.8 Å². The summed E-state index contributed by atoms with van der Waals surface area (Å²) < 4.78 is 6.93. The molecule has 0 bridgehead atoms. The highest BCUT2D eigenvalue weighted by Crippen LogP contribution is 2.68. The first-order valence-electron chi connectivity index (χ1n) is 17.3. The van der Waals surface area contributed by atoms with Crippen molar-refractivity contribution < 1.29 is 9.53 Å². The molecule has 0 aliphatic heterocycles. The third-order valence-electron chi connectivity index (χ3n) is 10.9. The lowest BCUT2D eigenvalue weighted by atomic mass is 9.91. The molecule has 7 rings (SSSR count). The van der Waals surface area contributed by atoms with Crippen LogP contribution in [0.15, 0.2) is 156 Å². The summed E-state index contributed by atoms with van der Waals surface area (Å²) in [6, 6.07) is 20.8. The maximum atomic E-state index is 13.3. The van der Waals surface area contributed by atoms with Crippen molar-refractivity contribution in [1.29, 1.82) is 0 Å². The van der Waals surface area contributed by atoms with Crippen LogP contribution in [-0.2, 0) is 9.53 Å². The molecule has 0 spiro atoms. The van der Waals surface area contributed by atoms with Crippen molar-refractivity contribution in [3.8, 4) is 0 Å². The number of benzene rings is 2. The maximum absolute atomic E-state index is 13.3. The molecule has 47 heavy (non-hydrogen) atoms. The zero-order valence-electron chi connectivity index (χ0n) is 27.9. The fraction of sp³-hybridized carbons (Fsp3) is 0.326. The van der Waals surface area contributed by atoms with Crippen LogP contribution in [-0.4, -0.2) is 22.3 Å². The first kappa shape index (κ1) is 31.1. The lowest BCUT2D eigenvalue weighted by Gasteiger charge is -2.37. The van der Waals surface area contributed by atoms with Crippen molar-refractivity contribution in [3.63, 3.8) is 0 Å². The number of fused-ring (bicyclic) bond motifs is 2. The van der Waals surface area contributed by atoms with E-state index in [1.807, 2.05) is 18.2 Å². The molecule has 2 fully saturated rings. The molecule has 0 N–H and O–H groups in total. The minimum Gasteiger partial charge on any atom is -0.465 e. The molecule has 4 unspecified atom stereocenters. The summed E-state index contributed by atoms with van der Waals surface area (Å²) in [4.78, 5) is 18.2. The normalized spacial score (nSPS) is 29.0. The number of rotatable bonds is 12. The second-order valence-electron chi connectivity index (χ2n) is 13.7. The molecule has 5 aliphatic carbocycles. The van der Waals surface area contributed by atoms with Crippen LogP contribution < -0.4 is 4.90 Å². The second kappa shape index (κ2) is 12.6. The number of hydrogen-bond acceptors (Lipinski definition) is 4. The van der Waals surface area contributed by atoms with Gasteiger partial charge >= 0.3 is 0 Å². The van der Waals surface area contributed by atoms with E-state index in [2.05, 4.69) is 140 Å². The Kier molecular flexibility index (Phi) is 8.30. The van der Waals surface area contributed by atoms with Gasteiger partial charge in [0.05, 0.1) is 11.1 Å². The molecule has 0 heterocycles. The van der Waals surface area contributed by atoms with Crippen molar-refractivity contribution in [2.45, 2.75) is 76.8 Å². The number of ether oxygens (including phenoxy) is 1. The number of nitrogens with zero attached hydrogens (tertiary/aromatic N) is 2. The number of hydrogen-bond donors (Lipinski definition) is 0. The van der Waals surface area contributed by atoms with E-state index in [1.54, 1.807) is 0 Å². The fourth-order valence-corrected chi connectivity index (χ4v) is 7.98. The second-order valence-corrected chi connectivity index (χ2v) is 13.7. The van der Waals surface area contributed by atoms with Crippen LogP contribution in [0.1, 0.15) is 65.7 Å². The Morgan fingerprint density at radius 1 is 0.936 bits per heavy atom. The highest BCUT2D eigenvalue weighted by molar-refractivity contribution is 5.84. The molecule has 4 heteroatoms. The summed E-state index contributed by atoms with van der Waals surface area (Å²) in [6.07, 6.45) is 32.4. The predicted octanol–water partition coefficient (Wildman–Crippen LogP) is 10.4. The highest BCUT2D eigenvalue weighted by atomic mass is 16.5. The molecule has 4 nitrogen and oxygen atoms in total. The number of allylic oxidation sites excluding steroid dienone is 11. The fourth-order valence-electron chi connectivity index (χ4n) is 7.98. The van der Waals surface area contributed by atoms with E-state index in [1.165, 1.54) is 17.0 Å². The van der Waals surface area contributed by atoms with E-state index >= 15 is 0 Å². The first-order chi connectivity index (χ1) is 23.0. The summed E-state index contributed by atoms with van der Waals surface area (Å²) in [7, 11) is 0. The summed E-state index contributed by atoms with van der Waals surface area (Å²) in [5.74, 6) is 2.20. The van der Waals surface area contributed by atoms with Gasteiger partial charge in [-0.1, -0.05) is 98.0 Å². The third kappa shape index (κ3) is 5.38. The standard InChI is InChI=1S/C43H46N2O2/c1-4-33(2)39(27-26-34(3)44(36-19-9-5-6-10-20-36)42-28-16-15-18-35(42)30-42)47-40-25-17-29-43(31-41(40,43)32-46)45(37-21-11-7-12-22-37)38-23-13-8-14-24-38/h5,7-9,11-19,21-26,28-29,32,35H,4,6,10,20,27,30-31H2,1-3H3/b34-26+,39-33+. The van der Waals surface area contributed by atoms with Gasteiger partial charge in [0.2, 0.25) is 0 Å². The number of para-hydroxylation sites is 2. The summed E-state index contributed by atoms with van der Waals surface area (Å²) in [5, 5.41) is 0. The van der Waals surface area contributed by atoms with Gasteiger partial charge in [0.15, 0.2) is 0 Å². The Hall–Kier alpha value is -4.57. The van der Waals surface area contributed by atoms with Gasteiger partial charge in [0, 0.05) is 35.1 Å². The molecule has 240 valence electrons. The van der Waals surface area contributed by atoms with E-state index in [-0.39, 0.29) is 5.54 Å². The van der Waals surface area contributed by atoms with Crippen molar-refractivity contribution in [2.75, 3.05) is 4.90 Å². The molecule has 0 saturated heterocycles. The van der Waals surface area contributed by atoms with E-state index in [0.717, 1.165) is 61.3 Å². The van der Waals surface area contributed by atoms with E-state index in [4.69, 9.17) is 4.74 Å². The molecule has 0 amide bonds. The zero-order valence-corrected chi connectivity index (χ0v) is 27.9. The predicted molar refractivity (Wildman–Crippen MR) is 193 cm³/mol. The van der Waals surface area contributed by atoms with E-state index < -0.39 is 11.0 Å².